The third kappa shape index (κ3) is 3.02. The minimum Gasteiger partial charge on any atom is -0.481 e. The van der Waals surface area contributed by atoms with Crippen LogP contribution in [0.3, 0.4) is 0 Å². The molecule has 1 atom stereocenters. The summed E-state index contributed by atoms with van der Waals surface area (Å²) in [6.45, 7) is 5.93. The molecule has 0 bridgehead atoms. The van der Waals surface area contributed by atoms with Crippen molar-refractivity contribution in [2.24, 2.45) is 5.92 Å². The average Bonchev–Trinajstić information content (AvgIpc) is 2.52. The molecular weight excluding hydrogens is 210 g/mol. The zero-order chi connectivity index (χ0) is 11.4. The van der Waals surface area contributed by atoms with E-state index in [9.17, 15) is 4.79 Å². The maximum Gasteiger partial charge on any atom is 0.313 e. The number of hydrogen-bond acceptors (Lipinski definition) is 3. The molecule has 0 amide bonds. The third-order valence-corrected chi connectivity index (χ3v) is 3.25. The largest absolute Gasteiger partial charge is 0.481 e. The van der Waals surface area contributed by atoms with Gasteiger partial charge in [0, 0.05) is 5.38 Å². The standard InChI is InChI=1S/C11H17NO2S/c1-4-5-8-6-15-10(12-8)9(7(2)3)11(13)14/h6-7,9H,4-5H2,1-3H3,(H,13,14). The molecule has 1 aromatic heterocycles. The summed E-state index contributed by atoms with van der Waals surface area (Å²) in [5.41, 5.74) is 1.02. The van der Waals surface area contributed by atoms with E-state index in [1.807, 2.05) is 19.2 Å². The van der Waals surface area contributed by atoms with Crippen molar-refractivity contribution < 1.29 is 9.90 Å². The van der Waals surface area contributed by atoms with Crippen molar-refractivity contribution >= 4 is 17.3 Å². The Bertz CT molecular complexity index is 333. The monoisotopic (exact) mass is 227 g/mol. The molecule has 0 aromatic carbocycles. The van der Waals surface area contributed by atoms with E-state index in [1.165, 1.54) is 11.3 Å². The summed E-state index contributed by atoms with van der Waals surface area (Å²) in [7, 11) is 0. The van der Waals surface area contributed by atoms with E-state index in [0.29, 0.717) is 0 Å². The second kappa shape index (κ2) is 5.26. The molecule has 15 heavy (non-hydrogen) atoms. The van der Waals surface area contributed by atoms with Crippen LogP contribution in [0.2, 0.25) is 0 Å². The predicted molar refractivity (Wildman–Crippen MR) is 61.3 cm³/mol. The number of carboxylic acid groups (broad SMARTS) is 1. The summed E-state index contributed by atoms with van der Waals surface area (Å²) in [5, 5.41) is 11.8. The van der Waals surface area contributed by atoms with Gasteiger partial charge in [0.15, 0.2) is 0 Å². The van der Waals surface area contributed by atoms with Crippen LogP contribution in [0.25, 0.3) is 0 Å². The fraction of sp³-hybridized carbons (Fsp3) is 0.636. The molecule has 84 valence electrons. The Hall–Kier alpha value is -0.900. The highest BCUT2D eigenvalue weighted by molar-refractivity contribution is 7.09. The summed E-state index contributed by atoms with van der Waals surface area (Å²) < 4.78 is 0. The van der Waals surface area contributed by atoms with Crippen molar-refractivity contribution in [2.45, 2.75) is 39.5 Å². The summed E-state index contributed by atoms with van der Waals surface area (Å²) in [5.74, 6) is -1.15. The van der Waals surface area contributed by atoms with Gasteiger partial charge in [-0.1, -0.05) is 27.2 Å². The van der Waals surface area contributed by atoms with Gasteiger partial charge in [-0.15, -0.1) is 11.3 Å². The van der Waals surface area contributed by atoms with Crippen LogP contribution in [0.15, 0.2) is 5.38 Å². The van der Waals surface area contributed by atoms with Gasteiger partial charge in [-0.3, -0.25) is 4.79 Å². The Kier molecular flexibility index (Phi) is 4.27. The highest BCUT2D eigenvalue weighted by atomic mass is 32.1. The van der Waals surface area contributed by atoms with Crippen LogP contribution in [0.5, 0.6) is 0 Å². The molecule has 0 fully saturated rings. The number of nitrogens with zero attached hydrogens (tertiary/aromatic N) is 1. The van der Waals surface area contributed by atoms with Gasteiger partial charge in [-0.25, -0.2) is 4.98 Å². The maximum atomic E-state index is 11.1. The lowest BCUT2D eigenvalue weighted by Gasteiger charge is -2.12. The lowest BCUT2D eigenvalue weighted by Crippen LogP contribution is -2.17. The number of hydrogen-bond donors (Lipinski definition) is 1. The second-order valence-electron chi connectivity index (χ2n) is 3.99. The van der Waals surface area contributed by atoms with Gasteiger partial charge < -0.3 is 5.11 Å². The minimum atomic E-state index is -0.776. The topological polar surface area (TPSA) is 50.2 Å². The van der Waals surface area contributed by atoms with Crippen LogP contribution in [0.1, 0.15) is 43.8 Å². The van der Waals surface area contributed by atoms with E-state index in [1.54, 1.807) is 0 Å². The predicted octanol–water partition coefficient (Wildman–Crippen LogP) is 2.92. The van der Waals surface area contributed by atoms with Gasteiger partial charge in [0.1, 0.15) is 10.9 Å². The molecule has 0 radical (unpaired) electrons. The van der Waals surface area contributed by atoms with Gasteiger partial charge in [-0.2, -0.15) is 0 Å². The number of carboxylic acids is 1. The third-order valence-electron chi connectivity index (χ3n) is 2.27. The van der Waals surface area contributed by atoms with Crippen molar-refractivity contribution in [1.82, 2.24) is 4.98 Å². The SMILES string of the molecule is CCCc1csc(C(C(=O)O)C(C)C)n1. The Labute approximate surface area is 94.2 Å². The normalized spacial score (nSPS) is 13.1. The van der Waals surface area contributed by atoms with Gasteiger partial charge in [0.25, 0.3) is 0 Å². The lowest BCUT2D eigenvalue weighted by atomic mass is 9.97. The molecule has 1 heterocycles. The Balaban J connectivity index is 2.87. The smallest absolute Gasteiger partial charge is 0.313 e. The van der Waals surface area contributed by atoms with Crippen molar-refractivity contribution in [3.8, 4) is 0 Å². The van der Waals surface area contributed by atoms with E-state index >= 15 is 0 Å². The zero-order valence-electron chi connectivity index (χ0n) is 9.36. The Morgan fingerprint density at radius 2 is 2.27 bits per heavy atom. The summed E-state index contributed by atoms with van der Waals surface area (Å²) in [6.07, 6.45) is 1.98. The quantitative estimate of drug-likeness (QED) is 0.841. The summed E-state index contributed by atoms with van der Waals surface area (Å²) >= 11 is 1.46. The van der Waals surface area contributed by atoms with E-state index in [2.05, 4.69) is 11.9 Å². The van der Waals surface area contributed by atoms with Crippen LogP contribution in [0, 0.1) is 5.92 Å². The molecular formula is C11H17NO2S. The molecule has 3 nitrogen and oxygen atoms in total. The molecule has 0 saturated carbocycles. The van der Waals surface area contributed by atoms with Crippen LogP contribution in [0.4, 0.5) is 0 Å². The highest BCUT2D eigenvalue weighted by Gasteiger charge is 2.26. The Morgan fingerprint density at radius 1 is 1.60 bits per heavy atom. The van der Waals surface area contributed by atoms with Crippen molar-refractivity contribution in [1.29, 1.82) is 0 Å². The number of rotatable bonds is 5. The fourth-order valence-corrected chi connectivity index (χ4v) is 2.63. The molecule has 1 aromatic rings. The summed E-state index contributed by atoms with van der Waals surface area (Å²) in [6, 6.07) is 0. The first-order valence-corrected chi connectivity index (χ1v) is 6.11. The van der Waals surface area contributed by atoms with Gasteiger partial charge in [-0.05, 0) is 12.3 Å². The lowest BCUT2D eigenvalue weighted by molar-refractivity contribution is -0.139. The highest BCUT2D eigenvalue weighted by Crippen LogP contribution is 2.27. The Morgan fingerprint density at radius 3 is 2.73 bits per heavy atom. The van der Waals surface area contributed by atoms with E-state index in [0.717, 1.165) is 23.5 Å². The molecule has 1 rings (SSSR count). The van der Waals surface area contributed by atoms with E-state index in [4.69, 9.17) is 5.11 Å². The molecule has 0 spiro atoms. The minimum absolute atomic E-state index is 0.0862. The first-order chi connectivity index (χ1) is 7.06. The molecule has 1 unspecified atom stereocenters. The summed E-state index contributed by atoms with van der Waals surface area (Å²) in [4.78, 5) is 15.5. The van der Waals surface area contributed by atoms with Crippen LogP contribution in [-0.4, -0.2) is 16.1 Å². The van der Waals surface area contributed by atoms with Crippen LogP contribution < -0.4 is 0 Å². The molecule has 0 aliphatic rings. The van der Waals surface area contributed by atoms with Crippen LogP contribution in [-0.2, 0) is 11.2 Å². The molecule has 1 N–H and O–H groups in total. The second-order valence-corrected chi connectivity index (χ2v) is 4.88. The molecule has 0 aliphatic heterocycles. The number of thiazole rings is 1. The van der Waals surface area contributed by atoms with E-state index < -0.39 is 11.9 Å². The van der Waals surface area contributed by atoms with Crippen molar-refractivity contribution in [2.75, 3.05) is 0 Å². The first kappa shape index (κ1) is 12.2. The van der Waals surface area contributed by atoms with Gasteiger partial charge in [0.05, 0.1) is 5.69 Å². The number of carbonyl (C=O) groups is 1. The molecule has 0 aliphatic carbocycles. The van der Waals surface area contributed by atoms with Crippen molar-refractivity contribution in [3.63, 3.8) is 0 Å². The van der Waals surface area contributed by atoms with Gasteiger partial charge >= 0.3 is 5.97 Å². The number of aryl methyl sites for hydroxylation is 1. The van der Waals surface area contributed by atoms with Crippen LogP contribution >= 0.6 is 11.3 Å². The molecule has 4 heteroatoms. The fourth-order valence-electron chi connectivity index (χ4n) is 1.51. The van der Waals surface area contributed by atoms with Crippen molar-refractivity contribution in [3.05, 3.63) is 16.1 Å². The van der Waals surface area contributed by atoms with Gasteiger partial charge in [0.2, 0.25) is 0 Å². The van der Waals surface area contributed by atoms with E-state index in [-0.39, 0.29) is 5.92 Å². The number of aliphatic carboxylic acids is 1. The zero-order valence-corrected chi connectivity index (χ0v) is 10.2. The maximum absolute atomic E-state index is 11.1. The molecule has 0 saturated heterocycles. The number of aromatic nitrogens is 1. The first-order valence-electron chi connectivity index (χ1n) is 5.23. The average molecular weight is 227 g/mol.